The van der Waals surface area contributed by atoms with Crippen molar-refractivity contribution in [2.24, 2.45) is 5.92 Å². The Kier molecular flexibility index (Phi) is 5.77. The second-order valence-corrected chi connectivity index (χ2v) is 8.65. The fourth-order valence-electron chi connectivity index (χ4n) is 3.18. The fraction of sp³-hybridized carbons (Fsp3) is 0.208. The second-order valence-electron chi connectivity index (χ2n) is 7.45. The van der Waals surface area contributed by atoms with Gasteiger partial charge >= 0.3 is 0 Å². The van der Waals surface area contributed by atoms with Crippen LogP contribution in [0.25, 0.3) is 21.3 Å². The van der Waals surface area contributed by atoms with Crippen LogP contribution in [0.3, 0.4) is 0 Å². The molecule has 0 saturated carbocycles. The topological polar surface area (TPSA) is 64.1 Å². The van der Waals surface area contributed by atoms with Gasteiger partial charge in [0.05, 0.1) is 22.2 Å². The zero-order valence-corrected chi connectivity index (χ0v) is 18.0. The number of hydrogen-bond acceptors (Lipinski definition) is 5. The van der Waals surface area contributed by atoms with Crippen molar-refractivity contribution in [3.8, 4) is 16.2 Å². The number of ether oxygens (including phenoxy) is 1. The number of nitrogens with zero attached hydrogens (tertiary/aromatic N) is 2. The molecule has 2 aromatic heterocycles. The lowest BCUT2D eigenvalue weighted by molar-refractivity contribution is 0.102. The van der Waals surface area contributed by atoms with E-state index in [0.717, 1.165) is 26.4 Å². The van der Waals surface area contributed by atoms with Gasteiger partial charge in [-0.05, 0) is 42.7 Å². The first-order valence-electron chi connectivity index (χ1n) is 9.87. The molecule has 0 aliphatic rings. The Hall–Kier alpha value is -3.25. The fourth-order valence-corrected chi connectivity index (χ4v) is 4.10. The average Bonchev–Trinajstić information content (AvgIpc) is 3.15. The van der Waals surface area contributed by atoms with Gasteiger partial charge in [-0.2, -0.15) is 0 Å². The zero-order valence-electron chi connectivity index (χ0n) is 17.2. The summed E-state index contributed by atoms with van der Waals surface area (Å²) in [6.45, 7) is 6.72. The van der Waals surface area contributed by atoms with Crippen LogP contribution in [-0.2, 0) is 0 Å². The predicted molar refractivity (Wildman–Crippen MR) is 122 cm³/mol. The summed E-state index contributed by atoms with van der Waals surface area (Å²) >= 11 is 1.52. The molecule has 6 heteroatoms. The molecule has 152 valence electrons. The van der Waals surface area contributed by atoms with Gasteiger partial charge in [0, 0.05) is 11.6 Å². The van der Waals surface area contributed by atoms with Gasteiger partial charge in [0.1, 0.15) is 17.0 Å². The molecule has 0 atom stereocenters. The van der Waals surface area contributed by atoms with E-state index in [9.17, 15) is 4.79 Å². The Morgan fingerprint density at radius 3 is 2.67 bits per heavy atom. The van der Waals surface area contributed by atoms with E-state index in [4.69, 9.17) is 4.74 Å². The summed E-state index contributed by atoms with van der Waals surface area (Å²) in [4.78, 5) is 23.0. The molecular formula is C24H23N3O2S. The minimum atomic E-state index is -0.237. The number of amides is 1. The minimum absolute atomic E-state index is 0.237. The van der Waals surface area contributed by atoms with Crippen LogP contribution in [0.4, 0.5) is 5.69 Å². The molecule has 0 aliphatic carbocycles. The molecular weight excluding hydrogens is 394 g/mol. The van der Waals surface area contributed by atoms with E-state index in [1.165, 1.54) is 11.3 Å². The van der Waals surface area contributed by atoms with Crippen molar-refractivity contribution in [1.82, 2.24) is 9.97 Å². The summed E-state index contributed by atoms with van der Waals surface area (Å²) in [5.74, 6) is 0.887. The van der Waals surface area contributed by atoms with Crippen LogP contribution >= 0.6 is 11.3 Å². The highest BCUT2D eigenvalue weighted by atomic mass is 32.1. The van der Waals surface area contributed by atoms with E-state index in [1.54, 1.807) is 6.20 Å². The van der Waals surface area contributed by atoms with E-state index in [-0.39, 0.29) is 5.91 Å². The van der Waals surface area contributed by atoms with Gasteiger partial charge < -0.3 is 10.1 Å². The van der Waals surface area contributed by atoms with E-state index in [2.05, 4.69) is 29.1 Å². The Morgan fingerprint density at radius 1 is 1.10 bits per heavy atom. The van der Waals surface area contributed by atoms with Crippen LogP contribution in [0, 0.1) is 12.8 Å². The molecule has 0 aliphatic heterocycles. The van der Waals surface area contributed by atoms with Crippen molar-refractivity contribution >= 4 is 33.8 Å². The third-order valence-electron chi connectivity index (χ3n) is 4.54. The molecule has 30 heavy (non-hydrogen) atoms. The first kappa shape index (κ1) is 20.0. The van der Waals surface area contributed by atoms with Crippen LogP contribution in [0.2, 0.25) is 0 Å². The summed E-state index contributed by atoms with van der Waals surface area (Å²) in [6.07, 6.45) is 1.73. The predicted octanol–water partition coefficient (Wildman–Crippen LogP) is 5.95. The monoisotopic (exact) mass is 417 g/mol. The number of aromatic nitrogens is 2. The molecule has 4 rings (SSSR count). The normalized spacial score (nSPS) is 11.1. The molecule has 0 bridgehead atoms. The number of carbonyl (C=O) groups excluding carboxylic acids is 1. The summed E-state index contributed by atoms with van der Waals surface area (Å²) in [7, 11) is 0. The van der Waals surface area contributed by atoms with E-state index >= 15 is 0 Å². The van der Waals surface area contributed by atoms with Gasteiger partial charge in [-0.25, -0.2) is 4.98 Å². The molecule has 1 N–H and O–H groups in total. The van der Waals surface area contributed by atoms with Crippen LogP contribution in [0.15, 0.2) is 60.8 Å². The molecule has 0 fully saturated rings. The summed E-state index contributed by atoms with van der Waals surface area (Å²) in [5.41, 5.74) is 2.83. The SMILES string of the molecule is Cc1nc(C(=O)Nc2ccc(OCC(C)C)c3ncccc23)c(-c2ccccc2)s1. The first-order chi connectivity index (χ1) is 14.5. The largest absolute Gasteiger partial charge is 0.491 e. The highest BCUT2D eigenvalue weighted by Gasteiger charge is 2.20. The van der Waals surface area contributed by atoms with Crippen molar-refractivity contribution in [2.45, 2.75) is 20.8 Å². The van der Waals surface area contributed by atoms with E-state index < -0.39 is 0 Å². The molecule has 0 radical (unpaired) electrons. The Bertz CT molecular complexity index is 1190. The van der Waals surface area contributed by atoms with E-state index in [0.29, 0.717) is 29.7 Å². The van der Waals surface area contributed by atoms with Gasteiger partial charge in [0.2, 0.25) is 0 Å². The minimum Gasteiger partial charge on any atom is -0.491 e. The highest BCUT2D eigenvalue weighted by Crippen LogP contribution is 2.33. The summed E-state index contributed by atoms with van der Waals surface area (Å²) < 4.78 is 5.92. The third kappa shape index (κ3) is 4.19. The standard InChI is InChI=1S/C24H23N3O2S/c1-15(2)14-29-20-12-11-19(18-10-7-13-25-21(18)20)27-24(28)22-23(30-16(3)26-22)17-8-5-4-6-9-17/h4-13,15H,14H2,1-3H3,(H,27,28). The number of nitrogens with one attached hydrogen (secondary N) is 1. The zero-order chi connectivity index (χ0) is 21.1. The quantitative estimate of drug-likeness (QED) is 0.421. The molecule has 0 saturated heterocycles. The first-order valence-corrected chi connectivity index (χ1v) is 10.7. The molecule has 2 heterocycles. The maximum atomic E-state index is 13.1. The number of carbonyl (C=O) groups is 1. The Balaban J connectivity index is 1.67. The summed E-state index contributed by atoms with van der Waals surface area (Å²) in [6, 6.07) is 17.4. The van der Waals surface area contributed by atoms with Crippen molar-refractivity contribution in [3.05, 3.63) is 71.5 Å². The lowest BCUT2D eigenvalue weighted by atomic mass is 10.1. The average molecular weight is 418 g/mol. The number of anilines is 1. The third-order valence-corrected chi connectivity index (χ3v) is 5.56. The smallest absolute Gasteiger partial charge is 0.275 e. The van der Waals surface area contributed by atoms with Crippen molar-refractivity contribution in [3.63, 3.8) is 0 Å². The van der Waals surface area contributed by atoms with Gasteiger partial charge in [-0.1, -0.05) is 44.2 Å². The molecule has 1 amide bonds. The number of benzene rings is 2. The number of pyridine rings is 1. The van der Waals surface area contributed by atoms with Crippen LogP contribution < -0.4 is 10.1 Å². The van der Waals surface area contributed by atoms with Crippen molar-refractivity contribution < 1.29 is 9.53 Å². The van der Waals surface area contributed by atoms with Crippen LogP contribution in [-0.4, -0.2) is 22.5 Å². The van der Waals surface area contributed by atoms with Gasteiger partial charge in [0.15, 0.2) is 0 Å². The van der Waals surface area contributed by atoms with Gasteiger partial charge in [-0.15, -0.1) is 11.3 Å². The maximum absolute atomic E-state index is 13.1. The van der Waals surface area contributed by atoms with E-state index in [1.807, 2.05) is 61.5 Å². The number of hydrogen-bond donors (Lipinski definition) is 1. The maximum Gasteiger partial charge on any atom is 0.275 e. The molecule has 4 aromatic rings. The van der Waals surface area contributed by atoms with Gasteiger partial charge in [-0.3, -0.25) is 9.78 Å². The lowest BCUT2D eigenvalue weighted by Crippen LogP contribution is -2.14. The van der Waals surface area contributed by atoms with Crippen LogP contribution in [0.5, 0.6) is 5.75 Å². The highest BCUT2D eigenvalue weighted by molar-refractivity contribution is 7.15. The number of fused-ring (bicyclic) bond motifs is 1. The Morgan fingerprint density at radius 2 is 1.90 bits per heavy atom. The van der Waals surface area contributed by atoms with Crippen molar-refractivity contribution in [1.29, 1.82) is 0 Å². The van der Waals surface area contributed by atoms with Gasteiger partial charge in [0.25, 0.3) is 5.91 Å². The van der Waals surface area contributed by atoms with Crippen LogP contribution in [0.1, 0.15) is 29.3 Å². The second kappa shape index (κ2) is 8.63. The number of rotatable bonds is 6. The number of aryl methyl sites for hydroxylation is 1. The number of thiazole rings is 1. The molecule has 0 spiro atoms. The lowest BCUT2D eigenvalue weighted by Gasteiger charge is -2.13. The molecule has 2 aromatic carbocycles. The van der Waals surface area contributed by atoms with Crippen molar-refractivity contribution in [2.75, 3.05) is 11.9 Å². The molecule has 0 unspecified atom stereocenters. The summed E-state index contributed by atoms with van der Waals surface area (Å²) in [5, 5.41) is 4.71. The molecule has 5 nitrogen and oxygen atoms in total. The Labute approximate surface area is 179 Å².